The van der Waals surface area contributed by atoms with Crippen LogP contribution in [0.4, 0.5) is 0 Å². The van der Waals surface area contributed by atoms with E-state index in [1.165, 1.54) is 5.57 Å². The number of halogens is 1. The topological polar surface area (TPSA) is 60.7 Å². The van der Waals surface area contributed by atoms with Gasteiger partial charge in [0.05, 0.1) is 0 Å². The molecule has 4 heteroatoms. The predicted octanol–water partition coefficient (Wildman–Crippen LogP) is -1.48. The number of hydrogen-bond acceptors (Lipinski definition) is 3. The van der Waals surface area contributed by atoms with Crippen molar-refractivity contribution in [3.63, 3.8) is 0 Å². The molecule has 0 heterocycles. The Morgan fingerprint density at radius 3 is 2.67 bits per heavy atom. The van der Waals surface area contributed by atoms with Gasteiger partial charge in [-0.15, -0.1) is 0 Å². The molecule has 0 saturated heterocycles. The Bertz CT molecular complexity index is 349. The van der Waals surface area contributed by atoms with Gasteiger partial charge in [0, 0.05) is 0 Å². The SMILES string of the molecule is C[C@@H]1CC[C@H]2C1=C[C@H]([I-](C)(O)CO)CC[C@]2(C)O. The van der Waals surface area contributed by atoms with Crippen LogP contribution in [0.15, 0.2) is 11.6 Å². The van der Waals surface area contributed by atoms with Gasteiger partial charge in [-0.2, -0.15) is 0 Å². The summed E-state index contributed by atoms with van der Waals surface area (Å²) in [5.74, 6) is 0.769. The summed E-state index contributed by atoms with van der Waals surface area (Å²) in [5, 5.41) is 20.0. The van der Waals surface area contributed by atoms with Crippen molar-refractivity contribution < 1.29 is 32.5 Å². The summed E-state index contributed by atoms with van der Waals surface area (Å²) in [6.45, 7) is 4.15. The summed E-state index contributed by atoms with van der Waals surface area (Å²) in [4.78, 5) is 1.86. The summed E-state index contributed by atoms with van der Waals surface area (Å²) in [7, 11) is 0. The zero-order chi connectivity index (χ0) is 13.6. The van der Waals surface area contributed by atoms with Crippen LogP contribution in [-0.4, -0.2) is 32.7 Å². The summed E-state index contributed by atoms with van der Waals surface area (Å²) in [5.41, 5.74) is 0.692. The number of allylic oxidation sites excluding steroid dienone is 1. The molecule has 0 amide bonds. The van der Waals surface area contributed by atoms with Gasteiger partial charge >= 0.3 is 115 Å². The van der Waals surface area contributed by atoms with Gasteiger partial charge in [-0.1, -0.05) is 0 Å². The minimum absolute atomic E-state index is 0.0535. The van der Waals surface area contributed by atoms with E-state index in [0.717, 1.165) is 25.7 Å². The molecule has 1 unspecified atom stereocenters. The molecule has 0 aromatic carbocycles. The van der Waals surface area contributed by atoms with E-state index in [0.29, 0.717) is 5.92 Å². The maximum absolute atomic E-state index is 10.6. The van der Waals surface area contributed by atoms with Gasteiger partial charge in [0.2, 0.25) is 0 Å². The van der Waals surface area contributed by atoms with Gasteiger partial charge < -0.3 is 0 Å². The summed E-state index contributed by atoms with van der Waals surface area (Å²) >= 11 is -3.04. The van der Waals surface area contributed by atoms with Gasteiger partial charge in [0.15, 0.2) is 0 Å². The Balaban J connectivity index is 2.34. The molecular formula is C14H26IO3-. The molecule has 0 spiro atoms. The van der Waals surface area contributed by atoms with Crippen LogP contribution >= 0.6 is 0 Å². The molecule has 2 rings (SSSR count). The zero-order valence-corrected chi connectivity index (χ0v) is 13.7. The van der Waals surface area contributed by atoms with Gasteiger partial charge in [0.25, 0.3) is 0 Å². The molecule has 0 aromatic rings. The molecule has 0 bridgehead atoms. The number of alkyl halides is 3. The van der Waals surface area contributed by atoms with Crippen LogP contribution in [0.25, 0.3) is 0 Å². The fourth-order valence-electron chi connectivity index (χ4n) is 3.40. The van der Waals surface area contributed by atoms with Crippen molar-refractivity contribution in [1.29, 1.82) is 0 Å². The van der Waals surface area contributed by atoms with Gasteiger partial charge in [-0.25, -0.2) is 0 Å². The Morgan fingerprint density at radius 1 is 1.39 bits per heavy atom. The number of fused-ring (bicyclic) bond motifs is 1. The molecule has 5 atom stereocenters. The van der Waals surface area contributed by atoms with Gasteiger partial charge in [-0.05, 0) is 0 Å². The Morgan fingerprint density at radius 2 is 2.06 bits per heavy atom. The van der Waals surface area contributed by atoms with Crippen LogP contribution in [0, 0.1) is 11.8 Å². The summed E-state index contributed by atoms with van der Waals surface area (Å²) < 4.78 is 10.5. The predicted molar refractivity (Wildman–Crippen MR) is 68.8 cm³/mol. The molecular weight excluding hydrogens is 343 g/mol. The van der Waals surface area contributed by atoms with Crippen LogP contribution in [-0.2, 0) is 0 Å². The van der Waals surface area contributed by atoms with Crippen LogP contribution in [0.2, 0.25) is 0 Å². The normalized spacial score (nSPS) is 45.7. The van der Waals surface area contributed by atoms with Crippen molar-refractivity contribution in [2.24, 2.45) is 11.8 Å². The second kappa shape index (κ2) is 5.04. The van der Waals surface area contributed by atoms with Crippen molar-refractivity contribution in [2.45, 2.75) is 49.1 Å². The molecule has 1 fully saturated rings. The van der Waals surface area contributed by atoms with E-state index >= 15 is 0 Å². The third-order valence-electron chi connectivity index (χ3n) is 4.76. The molecule has 0 radical (unpaired) electrons. The quantitative estimate of drug-likeness (QED) is 0.316. The van der Waals surface area contributed by atoms with E-state index in [2.05, 4.69) is 13.0 Å². The number of aliphatic hydroxyl groups is 2. The Labute approximate surface area is 114 Å². The minimum atomic E-state index is -3.04. The van der Waals surface area contributed by atoms with Crippen LogP contribution in [0.3, 0.4) is 0 Å². The first-order valence-electron chi connectivity index (χ1n) is 6.72. The van der Waals surface area contributed by atoms with Crippen molar-refractivity contribution in [3.05, 3.63) is 11.6 Å². The molecule has 2 aliphatic carbocycles. The van der Waals surface area contributed by atoms with E-state index in [1.807, 2.05) is 11.9 Å². The summed E-state index contributed by atoms with van der Waals surface area (Å²) in [6, 6.07) is 0. The fraction of sp³-hybridized carbons (Fsp3) is 0.857. The molecule has 2 aliphatic rings. The van der Waals surface area contributed by atoms with Crippen LogP contribution < -0.4 is 18.8 Å². The molecule has 18 heavy (non-hydrogen) atoms. The van der Waals surface area contributed by atoms with Crippen molar-refractivity contribution in [2.75, 3.05) is 9.54 Å². The molecule has 1 saturated carbocycles. The van der Waals surface area contributed by atoms with Gasteiger partial charge in [-0.3, -0.25) is 0 Å². The van der Waals surface area contributed by atoms with Crippen molar-refractivity contribution in [1.82, 2.24) is 0 Å². The Hall–Kier alpha value is 0.350. The average Bonchev–Trinajstić information content (AvgIpc) is 2.59. The van der Waals surface area contributed by atoms with Crippen LogP contribution in [0.5, 0.6) is 0 Å². The monoisotopic (exact) mass is 369 g/mol. The number of rotatable bonds is 2. The second-order valence-electron chi connectivity index (χ2n) is 6.25. The zero-order valence-electron chi connectivity index (χ0n) is 11.6. The van der Waals surface area contributed by atoms with E-state index < -0.39 is 24.4 Å². The van der Waals surface area contributed by atoms with E-state index in [-0.39, 0.29) is 14.5 Å². The van der Waals surface area contributed by atoms with E-state index in [1.54, 1.807) is 0 Å². The first-order chi connectivity index (χ1) is 8.28. The molecule has 3 N–H and O–H groups in total. The fourth-order valence-corrected chi connectivity index (χ4v) is 6.75. The molecule has 108 valence electrons. The first kappa shape index (κ1) is 14.8. The van der Waals surface area contributed by atoms with E-state index in [9.17, 15) is 13.6 Å². The molecule has 0 aromatic heterocycles. The number of hydrogen-bond donors (Lipinski definition) is 3. The standard InChI is InChI=1S/C14H26IO3/c1-10-4-5-13-12(10)8-11(15(3,18)9-16)6-7-14(13,2)17/h8,10-11,13,16-18H,4-7,9H2,1-3H3/q-1/t10-,11-,13+,14+/m1/s1. The molecule has 0 aliphatic heterocycles. The Kier molecular flexibility index (Phi) is 4.13. The number of aliphatic hydroxyl groups excluding tert-OH is 1. The third-order valence-corrected chi connectivity index (χ3v) is 10.6. The third kappa shape index (κ3) is 2.62. The van der Waals surface area contributed by atoms with Crippen LogP contribution in [0.1, 0.15) is 39.5 Å². The van der Waals surface area contributed by atoms with Gasteiger partial charge in [0.1, 0.15) is 0 Å². The maximum atomic E-state index is 10.6. The first-order valence-corrected chi connectivity index (χ1v) is 12.6. The van der Waals surface area contributed by atoms with E-state index in [4.69, 9.17) is 0 Å². The van der Waals surface area contributed by atoms with Crippen molar-refractivity contribution in [3.8, 4) is 0 Å². The average molecular weight is 369 g/mol. The second-order valence-corrected chi connectivity index (χ2v) is 14.4. The van der Waals surface area contributed by atoms with Crippen molar-refractivity contribution >= 4 is 0 Å². The summed E-state index contributed by atoms with van der Waals surface area (Å²) in [6.07, 6.45) is 5.95. The molecule has 3 nitrogen and oxygen atoms in total.